The van der Waals surface area contributed by atoms with Crippen LogP contribution in [0, 0.1) is 5.92 Å². The molecule has 2 rings (SSSR count). The van der Waals surface area contributed by atoms with E-state index in [9.17, 15) is 9.59 Å². The van der Waals surface area contributed by atoms with Gasteiger partial charge in [0.15, 0.2) is 0 Å². The van der Waals surface area contributed by atoms with Crippen molar-refractivity contribution < 1.29 is 14.7 Å². The molecule has 20 heavy (non-hydrogen) atoms. The van der Waals surface area contributed by atoms with Gasteiger partial charge in [-0.2, -0.15) is 0 Å². The molecule has 5 heteroatoms. The first kappa shape index (κ1) is 14.4. The molecule has 1 saturated carbocycles. The molecule has 108 valence electrons. The van der Waals surface area contributed by atoms with Gasteiger partial charge >= 0.3 is 12.0 Å². The summed E-state index contributed by atoms with van der Waals surface area (Å²) in [7, 11) is 1.68. The molecular weight excluding hydrogens is 256 g/mol. The minimum Gasteiger partial charge on any atom is -0.480 e. The van der Waals surface area contributed by atoms with Crippen LogP contribution in [0.15, 0.2) is 30.3 Å². The molecule has 2 N–H and O–H groups in total. The van der Waals surface area contributed by atoms with Gasteiger partial charge < -0.3 is 15.3 Å². The topological polar surface area (TPSA) is 69.6 Å². The maximum atomic E-state index is 12.0. The van der Waals surface area contributed by atoms with Crippen LogP contribution in [0.25, 0.3) is 0 Å². The summed E-state index contributed by atoms with van der Waals surface area (Å²) in [5.74, 6) is -0.851. The Morgan fingerprint density at radius 2 is 2.00 bits per heavy atom. The van der Waals surface area contributed by atoms with E-state index in [2.05, 4.69) is 5.32 Å². The molecule has 0 saturated heterocycles. The quantitative estimate of drug-likeness (QED) is 0.831. The van der Waals surface area contributed by atoms with Gasteiger partial charge in [0.2, 0.25) is 0 Å². The van der Waals surface area contributed by atoms with E-state index in [4.69, 9.17) is 5.11 Å². The number of benzene rings is 1. The number of hydrogen-bond acceptors (Lipinski definition) is 2. The van der Waals surface area contributed by atoms with E-state index < -0.39 is 12.0 Å². The molecule has 1 atom stereocenters. The van der Waals surface area contributed by atoms with Crippen LogP contribution >= 0.6 is 0 Å². The summed E-state index contributed by atoms with van der Waals surface area (Å²) in [6.07, 6.45) is 2.52. The van der Waals surface area contributed by atoms with Crippen LogP contribution in [0.3, 0.4) is 0 Å². The lowest BCUT2D eigenvalue weighted by Crippen LogP contribution is -2.48. The van der Waals surface area contributed by atoms with Crippen LogP contribution in [0.1, 0.15) is 18.4 Å². The molecule has 2 amide bonds. The molecule has 1 aromatic carbocycles. The molecule has 0 aromatic heterocycles. The number of hydrogen-bond donors (Lipinski definition) is 2. The lowest BCUT2D eigenvalue weighted by Gasteiger charge is -2.21. The number of nitrogens with zero attached hydrogens (tertiary/aromatic N) is 1. The maximum Gasteiger partial charge on any atom is 0.326 e. The Morgan fingerprint density at radius 1 is 1.35 bits per heavy atom. The molecule has 0 radical (unpaired) electrons. The van der Waals surface area contributed by atoms with E-state index in [-0.39, 0.29) is 11.9 Å². The van der Waals surface area contributed by atoms with Gasteiger partial charge in [-0.1, -0.05) is 30.3 Å². The van der Waals surface area contributed by atoms with Crippen molar-refractivity contribution in [2.75, 3.05) is 13.6 Å². The highest BCUT2D eigenvalue weighted by Crippen LogP contribution is 2.32. The third-order valence-corrected chi connectivity index (χ3v) is 3.56. The Kier molecular flexibility index (Phi) is 4.61. The van der Waals surface area contributed by atoms with Crippen LogP contribution in [0.5, 0.6) is 0 Å². The van der Waals surface area contributed by atoms with Crippen molar-refractivity contribution >= 4 is 12.0 Å². The molecule has 1 aromatic rings. The molecule has 0 aliphatic heterocycles. The summed E-state index contributed by atoms with van der Waals surface area (Å²) in [6.45, 7) is 0.562. The minimum absolute atomic E-state index is 0.0963. The van der Waals surface area contributed by atoms with Crippen LogP contribution in [0.4, 0.5) is 4.79 Å². The summed E-state index contributed by atoms with van der Waals surface area (Å²) >= 11 is 0. The smallest absolute Gasteiger partial charge is 0.326 e. The standard InChI is InChI=1S/C15H20N2O3/c1-17(10-9-11-5-3-2-4-6-11)15(20)16-13(14(18)19)12-7-8-12/h2-6,12-13H,7-10H2,1H3,(H,16,20)(H,18,19). The monoisotopic (exact) mass is 276 g/mol. The molecule has 5 nitrogen and oxygen atoms in total. The zero-order valence-electron chi connectivity index (χ0n) is 11.6. The maximum absolute atomic E-state index is 12.0. The van der Waals surface area contributed by atoms with E-state index in [1.54, 1.807) is 7.05 Å². The van der Waals surface area contributed by atoms with Gasteiger partial charge in [0.05, 0.1) is 0 Å². The predicted octanol–water partition coefficient (Wildman–Crippen LogP) is 1.73. The van der Waals surface area contributed by atoms with E-state index in [1.165, 1.54) is 4.90 Å². The second-order valence-corrected chi connectivity index (χ2v) is 5.26. The molecule has 1 aliphatic rings. The Hall–Kier alpha value is -2.04. The van der Waals surface area contributed by atoms with Crippen molar-refractivity contribution in [3.8, 4) is 0 Å². The summed E-state index contributed by atoms with van der Waals surface area (Å²) in [5.41, 5.74) is 1.16. The third kappa shape index (κ3) is 3.98. The normalized spacial score (nSPS) is 15.4. The number of carbonyl (C=O) groups excluding carboxylic acids is 1. The lowest BCUT2D eigenvalue weighted by atomic mass is 10.1. The summed E-state index contributed by atoms with van der Waals surface area (Å²) in [5, 5.41) is 11.7. The number of likely N-dealkylation sites (N-methyl/N-ethyl adjacent to an activating group) is 1. The number of rotatable bonds is 6. The minimum atomic E-state index is -0.947. The number of urea groups is 1. The zero-order valence-corrected chi connectivity index (χ0v) is 11.6. The summed E-state index contributed by atoms with van der Waals surface area (Å²) in [4.78, 5) is 24.6. The van der Waals surface area contributed by atoms with E-state index >= 15 is 0 Å². The Labute approximate surface area is 118 Å². The zero-order chi connectivity index (χ0) is 14.5. The first-order chi connectivity index (χ1) is 9.58. The average Bonchev–Trinajstić information content (AvgIpc) is 3.27. The fourth-order valence-electron chi connectivity index (χ4n) is 2.10. The Bertz CT molecular complexity index is 471. The predicted molar refractivity (Wildman–Crippen MR) is 75.5 cm³/mol. The number of amides is 2. The summed E-state index contributed by atoms with van der Waals surface area (Å²) in [6, 6.07) is 8.83. The van der Waals surface area contributed by atoms with E-state index in [1.807, 2.05) is 30.3 Å². The van der Waals surface area contributed by atoms with Gasteiger partial charge in [0.25, 0.3) is 0 Å². The van der Waals surface area contributed by atoms with Gasteiger partial charge in [-0.3, -0.25) is 0 Å². The van der Waals surface area contributed by atoms with Crippen molar-refractivity contribution in [1.82, 2.24) is 10.2 Å². The van der Waals surface area contributed by atoms with Crippen molar-refractivity contribution in [2.24, 2.45) is 5.92 Å². The highest BCUT2D eigenvalue weighted by molar-refractivity contribution is 5.83. The number of carboxylic acid groups (broad SMARTS) is 1. The largest absolute Gasteiger partial charge is 0.480 e. The van der Waals surface area contributed by atoms with Gasteiger partial charge in [0, 0.05) is 13.6 Å². The van der Waals surface area contributed by atoms with E-state index in [0.29, 0.717) is 6.54 Å². The fraction of sp³-hybridized carbons (Fsp3) is 0.467. The average molecular weight is 276 g/mol. The second kappa shape index (κ2) is 6.41. The highest BCUT2D eigenvalue weighted by atomic mass is 16.4. The first-order valence-electron chi connectivity index (χ1n) is 6.86. The molecule has 0 heterocycles. The van der Waals surface area contributed by atoms with Crippen molar-refractivity contribution in [2.45, 2.75) is 25.3 Å². The second-order valence-electron chi connectivity index (χ2n) is 5.26. The number of aliphatic carboxylic acids is 1. The number of nitrogens with one attached hydrogen (secondary N) is 1. The molecular formula is C15H20N2O3. The fourth-order valence-corrected chi connectivity index (χ4v) is 2.10. The summed E-state index contributed by atoms with van der Waals surface area (Å²) < 4.78 is 0. The lowest BCUT2D eigenvalue weighted by molar-refractivity contribution is -0.139. The number of carbonyl (C=O) groups is 2. The van der Waals surface area contributed by atoms with Crippen molar-refractivity contribution in [3.05, 3.63) is 35.9 Å². The highest BCUT2D eigenvalue weighted by Gasteiger charge is 2.37. The van der Waals surface area contributed by atoms with Crippen LogP contribution in [0.2, 0.25) is 0 Å². The molecule has 1 aliphatic carbocycles. The van der Waals surface area contributed by atoms with Gasteiger partial charge in [-0.05, 0) is 30.7 Å². The van der Waals surface area contributed by atoms with Crippen LogP contribution in [-0.4, -0.2) is 41.6 Å². The van der Waals surface area contributed by atoms with Gasteiger partial charge in [-0.25, -0.2) is 9.59 Å². The van der Waals surface area contributed by atoms with Crippen molar-refractivity contribution in [1.29, 1.82) is 0 Å². The molecule has 0 spiro atoms. The van der Waals surface area contributed by atoms with Crippen molar-refractivity contribution in [3.63, 3.8) is 0 Å². The van der Waals surface area contributed by atoms with Crippen LogP contribution in [-0.2, 0) is 11.2 Å². The van der Waals surface area contributed by atoms with Crippen LogP contribution < -0.4 is 5.32 Å². The Morgan fingerprint density at radius 3 is 2.55 bits per heavy atom. The van der Waals surface area contributed by atoms with E-state index in [0.717, 1.165) is 24.8 Å². The van der Waals surface area contributed by atoms with Gasteiger partial charge in [-0.15, -0.1) is 0 Å². The molecule has 0 bridgehead atoms. The van der Waals surface area contributed by atoms with Gasteiger partial charge in [0.1, 0.15) is 6.04 Å². The third-order valence-electron chi connectivity index (χ3n) is 3.56. The number of carboxylic acids is 1. The molecule has 1 unspecified atom stereocenters. The molecule has 1 fully saturated rings. The Balaban J connectivity index is 1.81. The SMILES string of the molecule is CN(CCc1ccccc1)C(=O)NC(C(=O)O)C1CC1. The first-order valence-corrected chi connectivity index (χ1v) is 6.86.